The van der Waals surface area contributed by atoms with E-state index in [1.807, 2.05) is 0 Å². The molecule has 0 unspecified atom stereocenters. The van der Waals surface area contributed by atoms with Crippen LogP contribution in [0.25, 0.3) is 0 Å². The Kier molecular flexibility index (Phi) is 3.37. The maximum atomic E-state index is 11.7. The van der Waals surface area contributed by atoms with E-state index >= 15 is 0 Å². The van der Waals surface area contributed by atoms with Crippen molar-refractivity contribution >= 4 is 21.4 Å². The molecule has 2 N–H and O–H groups in total. The van der Waals surface area contributed by atoms with Crippen LogP contribution in [0.1, 0.15) is 5.82 Å². The lowest BCUT2D eigenvalue weighted by atomic mass is 10.4. The summed E-state index contributed by atoms with van der Waals surface area (Å²) < 4.78 is 26.2. The van der Waals surface area contributed by atoms with Crippen LogP contribution in [0.5, 0.6) is 0 Å². The monoisotopic (exact) mass is 257 g/mol. The number of hydrogen-bond donors (Lipinski definition) is 2. The maximum absolute atomic E-state index is 11.7. The molecule has 5 nitrogen and oxygen atoms in total. The van der Waals surface area contributed by atoms with Crippen LogP contribution in [-0.2, 0) is 16.4 Å². The van der Waals surface area contributed by atoms with E-state index < -0.39 is 10.0 Å². The molecule has 2 aromatic heterocycles. The average Bonchev–Trinajstić information content (AvgIpc) is 2.90. The molecule has 0 aliphatic heterocycles. The van der Waals surface area contributed by atoms with Gasteiger partial charge in [0.2, 0.25) is 10.0 Å². The van der Waals surface area contributed by atoms with E-state index in [-0.39, 0.29) is 0 Å². The fraction of sp³-hybridized carbons (Fsp3) is 0.222. The van der Waals surface area contributed by atoms with Crippen LogP contribution in [0, 0.1) is 0 Å². The minimum atomic E-state index is -3.34. The van der Waals surface area contributed by atoms with Crippen LogP contribution in [0.2, 0.25) is 0 Å². The largest absolute Gasteiger partial charge is 0.349 e. The van der Waals surface area contributed by atoms with Gasteiger partial charge in [-0.05, 0) is 11.4 Å². The van der Waals surface area contributed by atoms with Gasteiger partial charge in [-0.2, -0.15) is 0 Å². The molecule has 0 amide bonds. The van der Waals surface area contributed by atoms with Crippen LogP contribution in [0.4, 0.5) is 0 Å². The zero-order valence-electron chi connectivity index (χ0n) is 8.38. The van der Waals surface area contributed by atoms with E-state index in [4.69, 9.17) is 0 Å². The van der Waals surface area contributed by atoms with Gasteiger partial charge in [0.15, 0.2) is 0 Å². The first-order valence-electron chi connectivity index (χ1n) is 4.70. The van der Waals surface area contributed by atoms with Crippen LogP contribution in [-0.4, -0.2) is 24.9 Å². The summed E-state index contributed by atoms with van der Waals surface area (Å²) in [6.45, 7) is 0.341. The van der Waals surface area contributed by atoms with Gasteiger partial charge < -0.3 is 4.98 Å². The van der Waals surface area contributed by atoms with Gasteiger partial charge in [0.05, 0.1) is 0 Å². The number of hydrogen-bond acceptors (Lipinski definition) is 4. The quantitative estimate of drug-likeness (QED) is 0.839. The Morgan fingerprint density at radius 3 is 3.00 bits per heavy atom. The smallest absolute Gasteiger partial charge is 0.250 e. The van der Waals surface area contributed by atoms with Gasteiger partial charge in [-0.15, -0.1) is 11.3 Å². The van der Waals surface area contributed by atoms with Gasteiger partial charge in [-0.25, -0.2) is 18.1 Å². The topological polar surface area (TPSA) is 74.8 Å². The third-order valence-corrected chi connectivity index (χ3v) is 4.83. The Hall–Kier alpha value is -1.18. The van der Waals surface area contributed by atoms with E-state index in [1.165, 1.54) is 11.3 Å². The average molecular weight is 257 g/mol. The van der Waals surface area contributed by atoms with Crippen molar-refractivity contribution < 1.29 is 8.42 Å². The Balaban J connectivity index is 1.91. The number of rotatable bonds is 5. The summed E-state index contributed by atoms with van der Waals surface area (Å²) in [7, 11) is -3.34. The zero-order chi connectivity index (χ0) is 11.4. The van der Waals surface area contributed by atoms with E-state index in [2.05, 4.69) is 14.7 Å². The van der Waals surface area contributed by atoms with Crippen LogP contribution >= 0.6 is 11.3 Å². The molecule has 0 spiro atoms. The third-order valence-electron chi connectivity index (χ3n) is 1.97. The fourth-order valence-corrected chi connectivity index (χ4v) is 3.30. The highest BCUT2D eigenvalue weighted by molar-refractivity contribution is 7.91. The highest BCUT2D eigenvalue weighted by Crippen LogP contribution is 2.14. The third kappa shape index (κ3) is 2.69. The summed E-state index contributed by atoms with van der Waals surface area (Å²) in [6.07, 6.45) is 3.91. The van der Waals surface area contributed by atoms with Crippen molar-refractivity contribution in [3.05, 3.63) is 35.7 Å². The summed E-state index contributed by atoms with van der Waals surface area (Å²) in [5.74, 6) is 0.772. The van der Waals surface area contributed by atoms with Crippen molar-refractivity contribution in [3.63, 3.8) is 0 Å². The predicted octanol–water partition coefficient (Wildman–Crippen LogP) is 0.992. The number of nitrogens with zero attached hydrogens (tertiary/aromatic N) is 1. The molecule has 86 valence electrons. The molecular formula is C9H11N3O2S2. The lowest BCUT2D eigenvalue weighted by Crippen LogP contribution is -2.25. The van der Waals surface area contributed by atoms with Crippen molar-refractivity contribution in [3.8, 4) is 0 Å². The number of aromatic amines is 1. The highest BCUT2D eigenvalue weighted by atomic mass is 32.2. The van der Waals surface area contributed by atoms with Crippen molar-refractivity contribution in [1.82, 2.24) is 14.7 Å². The van der Waals surface area contributed by atoms with E-state index in [9.17, 15) is 8.42 Å². The van der Waals surface area contributed by atoms with Crippen LogP contribution in [0.3, 0.4) is 0 Å². The molecule has 16 heavy (non-hydrogen) atoms. The molecule has 0 saturated carbocycles. The van der Waals surface area contributed by atoms with Crippen molar-refractivity contribution in [2.45, 2.75) is 10.6 Å². The first-order chi connectivity index (χ1) is 7.68. The lowest BCUT2D eigenvalue weighted by Gasteiger charge is -2.02. The molecule has 0 bridgehead atoms. The predicted molar refractivity (Wildman–Crippen MR) is 61.8 cm³/mol. The van der Waals surface area contributed by atoms with Gasteiger partial charge >= 0.3 is 0 Å². The van der Waals surface area contributed by atoms with Crippen molar-refractivity contribution in [2.75, 3.05) is 6.54 Å². The molecule has 0 aliphatic rings. The second kappa shape index (κ2) is 4.77. The Bertz CT molecular complexity index is 517. The molecule has 0 aromatic carbocycles. The van der Waals surface area contributed by atoms with Gasteiger partial charge in [-0.3, -0.25) is 0 Å². The maximum Gasteiger partial charge on any atom is 0.250 e. The molecule has 0 fully saturated rings. The molecule has 0 radical (unpaired) electrons. The second-order valence-corrected chi connectivity index (χ2v) is 6.06. The minimum absolute atomic E-state index is 0.340. The molecule has 2 heterocycles. The normalized spacial score (nSPS) is 11.8. The molecule has 0 atom stereocenters. The number of aromatic nitrogens is 2. The number of sulfonamides is 1. The van der Waals surface area contributed by atoms with Gasteiger partial charge in [0.1, 0.15) is 10.0 Å². The molecule has 7 heteroatoms. The first-order valence-corrected chi connectivity index (χ1v) is 7.06. The molecule has 2 aromatic rings. The second-order valence-electron chi connectivity index (χ2n) is 3.12. The van der Waals surface area contributed by atoms with E-state index in [0.29, 0.717) is 17.2 Å². The summed E-state index contributed by atoms with van der Waals surface area (Å²) in [5.41, 5.74) is 0. The highest BCUT2D eigenvalue weighted by Gasteiger charge is 2.13. The molecule has 2 rings (SSSR count). The van der Waals surface area contributed by atoms with Gasteiger partial charge in [0.25, 0.3) is 0 Å². The summed E-state index contributed by atoms with van der Waals surface area (Å²) in [5, 5.41) is 1.74. The summed E-state index contributed by atoms with van der Waals surface area (Å²) in [6, 6.07) is 3.30. The lowest BCUT2D eigenvalue weighted by molar-refractivity contribution is 0.583. The van der Waals surface area contributed by atoms with Gasteiger partial charge in [0, 0.05) is 25.4 Å². The number of H-pyrrole nitrogens is 1. The summed E-state index contributed by atoms with van der Waals surface area (Å²) in [4.78, 5) is 6.93. The SMILES string of the molecule is O=S(=O)(NCCc1ncc[nH]1)c1cccs1. The number of nitrogens with one attached hydrogen (secondary N) is 2. The molecular weight excluding hydrogens is 246 g/mol. The van der Waals surface area contributed by atoms with Crippen molar-refractivity contribution in [2.24, 2.45) is 0 Å². The van der Waals surface area contributed by atoms with E-state index in [1.54, 1.807) is 29.9 Å². The van der Waals surface area contributed by atoms with Gasteiger partial charge in [-0.1, -0.05) is 6.07 Å². The zero-order valence-corrected chi connectivity index (χ0v) is 10.0. The Labute approximate surface area is 97.6 Å². The van der Waals surface area contributed by atoms with Crippen molar-refractivity contribution in [1.29, 1.82) is 0 Å². The fourth-order valence-electron chi connectivity index (χ4n) is 1.23. The molecule has 0 saturated heterocycles. The van der Waals surface area contributed by atoms with Crippen LogP contribution < -0.4 is 4.72 Å². The van der Waals surface area contributed by atoms with Crippen LogP contribution in [0.15, 0.2) is 34.1 Å². The minimum Gasteiger partial charge on any atom is -0.349 e. The molecule has 0 aliphatic carbocycles. The van der Waals surface area contributed by atoms with E-state index in [0.717, 1.165) is 5.82 Å². The standard InChI is InChI=1S/C9H11N3O2S2/c13-16(14,9-2-1-7-15-9)12-4-3-8-10-5-6-11-8/h1-2,5-7,12H,3-4H2,(H,10,11). The summed E-state index contributed by atoms with van der Waals surface area (Å²) >= 11 is 1.20. The Morgan fingerprint density at radius 1 is 1.50 bits per heavy atom. The Morgan fingerprint density at radius 2 is 2.38 bits per heavy atom. The first kappa shape index (κ1) is 11.3. The number of thiophene rings is 1. The number of imidazole rings is 1.